The minimum atomic E-state index is 0.534. The fourth-order valence-corrected chi connectivity index (χ4v) is 1.61. The molecule has 0 bridgehead atoms. The summed E-state index contributed by atoms with van der Waals surface area (Å²) in [4.78, 5) is 0. The van der Waals surface area contributed by atoms with E-state index in [0.717, 1.165) is 36.5 Å². The van der Waals surface area contributed by atoms with Crippen molar-refractivity contribution in [3.63, 3.8) is 0 Å². The van der Waals surface area contributed by atoms with Crippen molar-refractivity contribution in [2.24, 2.45) is 5.73 Å². The lowest BCUT2D eigenvalue weighted by atomic mass is 10.1. The van der Waals surface area contributed by atoms with Gasteiger partial charge >= 0.3 is 0 Å². The summed E-state index contributed by atoms with van der Waals surface area (Å²) in [5.41, 5.74) is 6.68. The number of rotatable bonds is 9. The molecule has 0 unspecified atom stereocenters. The molecule has 1 aromatic carbocycles. The third-order valence-corrected chi connectivity index (χ3v) is 2.49. The molecule has 0 aliphatic carbocycles. The molecule has 0 atom stereocenters. The van der Waals surface area contributed by atoms with E-state index in [0.29, 0.717) is 19.8 Å². The normalized spacial score (nSPS) is 10.4. The average molecular weight is 253 g/mol. The zero-order chi connectivity index (χ0) is 13.2. The van der Waals surface area contributed by atoms with Crippen molar-refractivity contribution in [2.75, 3.05) is 33.5 Å². The number of hydrogen-bond donors (Lipinski definition) is 1. The van der Waals surface area contributed by atoms with Gasteiger partial charge in [0.15, 0.2) is 11.5 Å². The van der Waals surface area contributed by atoms with Crippen LogP contribution < -0.4 is 15.2 Å². The smallest absolute Gasteiger partial charge is 0.161 e. The fraction of sp³-hybridized carbons (Fsp3) is 0.571. The summed E-state index contributed by atoms with van der Waals surface area (Å²) in [5, 5.41) is 0. The molecule has 4 nitrogen and oxygen atoms in total. The Kier molecular flexibility index (Phi) is 7.22. The number of ether oxygens (including phenoxy) is 3. The highest BCUT2D eigenvalue weighted by atomic mass is 16.5. The summed E-state index contributed by atoms with van der Waals surface area (Å²) >= 11 is 0. The van der Waals surface area contributed by atoms with Crippen LogP contribution in [0.2, 0.25) is 0 Å². The first-order chi connectivity index (χ1) is 8.81. The summed E-state index contributed by atoms with van der Waals surface area (Å²) in [5.74, 6) is 1.50. The summed E-state index contributed by atoms with van der Waals surface area (Å²) in [6.07, 6.45) is 1.87. The van der Waals surface area contributed by atoms with E-state index in [1.807, 2.05) is 18.2 Å². The van der Waals surface area contributed by atoms with Crippen LogP contribution in [0.25, 0.3) is 0 Å². The van der Waals surface area contributed by atoms with Crippen LogP contribution in [0, 0.1) is 0 Å². The Morgan fingerprint density at radius 1 is 1.11 bits per heavy atom. The van der Waals surface area contributed by atoms with Crippen LogP contribution in [-0.4, -0.2) is 33.5 Å². The Bertz CT molecular complexity index is 342. The molecule has 0 heterocycles. The van der Waals surface area contributed by atoms with Gasteiger partial charge in [-0.3, -0.25) is 0 Å². The first-order valence-electron chi connectivity index (χ1n) is 6.39. The van der Waals surface area contributed by atoms with E-state index in [1.54, 1.807) is 7.11 Å². The van der Waals surface area contributed by atoms with Crippen molar-refractivity contribution in [1.82, 2.24) is 0 Å². The largest absolute Gasteiger partial charge is 0.493 e. The fourth-order valence-electron chi connectivity index (χ4n) is 1.61. The number of hydrogen-bond acceptors (Lipinski definition) is 4. The van der Waals surface area contributed by atoms with Crippen LogP contribution in [0.1, 0.15) is 18.9 Å². The van der Waals surface area contributed by atoms with Crippen molar-refractivity contribution < 1.29 is 14.2 Å². The van der Waals surface area contributed by atoms with Crippen LogP contribution in [0.3, 0.4) is 0 Å². The van der Waals surface area contributed by atoms with Crippen LogP contribution in [0.5, 0.6) is 11.5 Å². The topological polar surface area (TPSA) is 53.7 Å². The van der Waals surface area contributed by atoms with E-state index in [1.165, 1.54) is 0 Å². The Morgan fingerprint density at radius 3 is 2.61 bits per heavy atom. The van der Waals surface area contributed by atoms with E-state index in [9.17, 15) is 0 Å². The highest BCUT2D eigenvalue weighted by Crippen LogP contribution is 2.28. The highest BCUT2D eigenvalue weighted by Gasteiger charge is 2.05. The quantitative estimate of drug-likeness (QED) is 0.684. The minimum Gasteiger partial charge on any atom is -0.493 e. The van der Waals surface area contributed by atoms with Gasteiger partial charge in [0, 0.05) is 6.61 Å². The molecule has 0 amide bonds. The molecule has 18 heavy (non-hydrogen) atoms. The van der Waals surface area contributed by atoms with Crippen LogP contribution in [0.4, 0.5) is 0 Å². The van der Waals surface area contributed by atoms with E-state index in [4.69, 9.17) is 19.9 Å². The average Bonchev–Trinajstić information content (AvgIpc) is 2.40. The molecule has 0 aliphatic heterocycles. The molecule has 102 valence electrons. The molecular formula is C14H23NO3. The van der Waals surface area contributed by atoms with Gasteiger partial charge in [0.1, 0.15) is 6.61 Å². The van der Waals surface area contributed by atoms with Gasteiger partial charge < -0.3 is 19.9 Å². The van der Waals surface area contributed by atoms with Crippen molar-refractivity contribution in [3.8, 4) is 11.5 Å². The molecule has 1 rings (SSSR count). The van der Waals surface area contributed by atoms with Gasteiger partial charge in [0.25, 0.3) is 0 Å². The molecule has 0 radical (unpaired) electrons. The Hall–Kier alpha value is -1.26. The molecule has 0 saturated carbocycles. The second-order valence-corrected chi connectivity index (χ2v) is 3.98. The maximum atomic E-state index is 5.63. The number of nitrogens with two attached hydrogens (primary N) is 1. The van der Waals surface area contributed by atoms with Gasteiger partial charge in [-0.1, -0.05) is 13.0 Å². The lowest BCUT2D eigenvalue weighted by molar-refractivity contribution is 0.0995. The summed E-state index contributed by atoms with van der Waals surface area (Å²) in [6.45, 7) is 4.62. The maximum Gasteiger partial charge on any atom is 0.161 e. The Labute approximate surface area is 109 Å². The number of methoxy groups -OCH3 is 1. The lowest BCUT2D eigenvalue weighted by Crippen LogP contribution is -2.08. The molecule has 0 aromatic heterocycles. The molecule has 1 aromatic rings. The first kappa shape index (κ1) is 14.8. The second kappa shape index (κ2) is 8.78. The highest BCUT2D eigenvalue weighted by molar-refractivity contribution is 5.43. The first-order valence-corrected chi connectivity index (χ1v) is 6.39. The lowest BCUT2D eigenvalue weighted by Gasteiger charge is -2.12. The van der Waals surface area contributed by atoms with E-state index < -0.39 is 0 Å². The third kappa shape index (κ3) is 4.94. The predicted octanol–water partition coefficient (Wildman–Crippen LogP) is 2.00. The van der Waals surface area contributed by atoms with Gasteiger partial charge in [-0.25, -0.2) is 0 Å². The van der Waals surface area contributed by atoms with Crippen molar-refractivity contribution >= 4 is 0 Å². The third-order valence-electron chi connectivity index (χ3n) is 2.49. The second-order valence-electron chi connectivity index (χ2n) is 3.98. The molecule has 0 fully saturated rings. The standard InChI is InChI=1S/C14H23NO3/c1-3-8-17-9-10-18-13-5-4-12(6-7-15)11-14(13)16-2/h4-5,11H,3,6-10,15H2,1-2H3. The molecule has 0 spiro atoms. The zero-order valence-corrected chi connectivity index (χ0v) is 11.3. The van der Waals surface area contributed by atoms with Gasteiger partial charge in [-0.2, -0.15) is 0 Å². The van der Waals surface area contributed by atoms with Gasteiger partial charge in [0.05, 0.1) is 13.7 Å². The molecule has 2 N–H and O–H groups in total. The van der Waals surface area contributed by atoms with Gasteiger partial charge in [0.2, 0.25) is 0 Å². The van der Waals surface area contributed by atoms with Crippen molar-refractivity contribution in [1.29, 1.82) is 0 Å². The molecule has 0 saturated heterocycles. The Morgan fingerprint density at radius 2 is 1.94 bits per heavy atom. The van der Waals surface area contributed by atoms with Crippen LogP contribution in [0.15, 0.2) is 18.2 Å². The van der Waals surface area contributed by atoms with Crippen LogP contribution >= 0.6 is 0 Å². The molecule has 4 heteroatoms. The van der Waals surface area contributed by atoms with Gasteiger partial charge in [-0.05, 0) is 37.1 Å². The van der Waals surface area contributed by atoms with E-state index in [-0.39, 0.29) is 0 Å². The SMILES string of the molecule is CCCOCCOc1ccc(CCN)cc1OC. The van der Waals surface area contributed by atoms with E-state index in [2.05, 4.69) is 6.92 Å². The van der Waals surface area contributed by atoms with Gasteiger partial charge in [-0.15, -0.1) is 0 Å². The number of benzene rings is 1. The summed E-state index contributed by atoms with van der Waals surface area (Å²) in [7, 11) is 1.64. The van der Waals surface area contributed by atoms with E-state index >= 15 is 0 Å². The van der Waals surface area contributed by atoms with Crippen molar-refractivity contribution in [2.45, 2.75) is 19.8 Å². The predicted molar refractivity (Wildman–Crippen MR) is 72.4 cm³/mol. The summed E-state index contributed by atoms with van der Waals surface area (Å²) in [6, 6.07) is 5.90. The molecule has 0 aliphatic rings. The Balaban J connectivity index is 2.48. The van der Waals surface area contributed by atoms with Crippen molar-refractivity contribution in [3.05, 3.63) is 23.8 Å². The van der Waals surface area contributed by atoms with Crippen LogP contribution in [-0.2, 0) is 11.2 Å². The molecular weight excluding hydrogens is 230 g/mol. The zero-order valence-electron chi connectivity index (χ0n) is 11.3. The monoisotopic (exact) mass is 253 g/mol. The minimum absolute atomic E-state index is 0.534. The maximum absolute atomic E-state index is 5.63. The summed E-state index contributed by atoms with van der Waals surface area (Å²) < 4.78 is 16.3.